The quantitative estimate of drug-likeness (QED) is 0.802. The predicted molar refractivity (Wildman–Crippen MR) is 62.8 cm³/mol. The van der Waals surface area contributed by atoms with E-state index in [0.29, 0.717) is 17.1 Å². The first-order chi connectivity index (χ1) is 7.29. The number of halogens is 1. The minimum absolute atomic E-state index is 0.418. The molecule has 1 aliphatic rings. The highest BCUT2D eigenvalue weighted by Crippen LogP contribution is 2.30. The van der Waals surface area contributed by atoms with E-state index in [0.717, 1.165) is 6.42 Å². The first kappa shape index (κ1) is 10.7. The van der Waals surface area contributed by atoms with Crippen LogP contribution < -0.4 is 5.32 Å². The van der Waals surface area contributed by atoms with Crippen LogP contribution in [-0.2, 0) is 0 Å². The molecule has 82 valence electrons. The van der Waals surface area contributed by atoms with E-state index in [4.69, 9.17) is 0 Å². The summed E-state index contributed by atoms with van der Waals surface area (Å²) >= 11 is 1.88. The van der Waals surface area contributed by atoms with E-state index < -0.39 is 5.95 Å². The third-order valence-electron chi connectivity index (χ3n) is 2.80. The van der Waals surface area contributed by atoms with E-state index in [-0.39, 0.29) is 0 Å². The Bertz CT molecular complexity index is 332. The Morgan fingerprint density at radius 2 is 2.33 bits per heavy atom. The minimum Gasteiger partial charge on any atom is -0.366 e. The molecule has 2 unspecified atom stereocenters. The van der Waals surface area contributed by atoms with Crippen molar-refractivity contribution in [1.29, 1.82) is 0 Å². The SMILES string of the molecule is CSC1CCCC1Nc1cccc(F)n1. The van der Waals surface area contributed by atoms with Crippen molar-refractivity contribution in [2.24, 2.45) is 0 Å². The second-order valence-corrected chi connectivity index (χ2v) is 4.88. The van der Waals surface area contributed by atoms with Crippen LogP contribution in [0.25, 0.3) is 0 Å². The lowest BCUT2D eigenvalue weighted by atomic mass is 10.2. The van der Waals surface area contributed by atoms with Crippen molar-refractivity contribution in [1.82, 2.24) is 4.98 Å². The smallest absolute Gasteiger partial charge is 0.214 e. The largest absolute Gasteiger partial charge is 0.366 e. The molecule has 2 atom stereocenters. The Labute approximate surface area is 93.7 Å². The fourth-order valence-electron chi connectivity index (χ4n) is 2.05. The maximum absolute atomic E-state index is 12.9. The van der Waals surface area contributed by atoms with Gasteiger partial charge in [-0.05, 0) is 31.2 Å². The molecule has 2 rings (SSSR count). The summed E-state index contributed by atoms with van der Waals surface area (Å²) in [6.45, 7) is 0. The average molecular weight is 226 g/mol. The molecule has 0 saturated heterocycles. The number of nitrogens with zero attached hydrogens (tertiary/aromatic N) is 1. The van der Waals surface area contributed by atoms with Crippen molar-refractivity contribution in [3.63, 3.8) is 0 Å². The number of rotatable bonds is 3. The Morgan fingerprint density at radius 3 is 3.07 bits per heavy atom. The summed E-state index contributed by atoms with van der Waals surface area (Å²) in [5.41, 5.74) is 0. The Hall–Kier alpha value is -0.770. The molecule has 0 aromatic carbocycles. The number of thioether (sulfide) groups is 1. The van der Waals surface area contributed by atoms with Gasteiger partial charge in [-0.3, -0.25) is 0 Å². The Balaban J connectivity index is 2.02. The predicted octanol–water partition coefficient (Wildman–Crippen LogP) is 2.92. The molecule has 15 heavy (non-hydrogen) atoms. The molecule has 1 N–H and O–H groups in total. The first-order valence-corrected chi connectivity index (χ1v) is 6.50. The minimum atomic E-state index is -0.418. The molecule has 4 heteroatoms. The van der Waals surface area contributed by atoms with Crippen LogP contribution in [0, 0.1) is 5.95 Å². The molecular weight excluding hydrogens is 211 g/mol. The normalized spacial score (nSPS) is 25.5. The van der Waals surface area contributed by atoms with E-state index >= 15 is 0 Å². The number of pyridine rings is 1. The molecule has 1 heterocycles. The third kappa shape index (κ3) is 2.62. The van der Waals surface area contributed by atoms with Gasteiger partial charge in [0.1, 0.15) is 5.82 Å². The van der Waals surface area contributed by atoms with Crippen LogP contribution in [-0.4, -0.2) is 22.5 Å². The summed E-state index contributed by atoms with van der Waals surface area (Å²) < 4.78 is 12.9. The molecule has 1 aromatic heterocycles. The van der Waals surface area contributed by atoms with Gasteiger partial charge in [-0.25, -0.2) is 4.98 Å². The Morgan fingerprint density at radius 1 is 1.47 bits per heavy atom. The van der Waals surface area contributed by atoms with Gasteiger partial charge < -0.3 is 5.32 Å². The zero-order valence-corrected chi connectivity index (χ0v) is 9.56. The van der Waals surface area contributed by atoms with Crippen molar-refractivity contribution in [2.75, 3.05) is 11.6 Å². The molecule has 1 aromatic rings. The van der Waals surface area contributed by atoms with Crippen molar-refractivity contribution in [3.05, 3.63) is 24.1 Å². The van der Waals surface area contributed by atoms with Crippen molar-refractivity contribution in [3.8, 4) is 0 Å². The van der Waals surface area contributed by atoms with Gasteiger partial charge in [-0.2, -0.15) is 16.2 Å². The Kier molecular flexibility index (Phi) is 3.46. The second-order valence-electron chi connectivity index (χ2n) is 3.80. The molecule has 2 nitrogen and oxygen atoms in total. The fourth-order valence-corrected chi connectivity index (χ4v) is 2.99. The van der Waals surface area contributed by atoms with E-state index in [2.05, 4.69) is 16.6 Å². The zero-order chi connectivity index (χ0) is 10.7. The van der Waals surface area contributed by atoms with E-state index in [1.807, 2.05) is 17.8 Å². The van der Waals surface area contributed by atoms with Crippen LogP contribution in [0.4, 0.5) is 10.2 Å². The standard InChI is InChI=1S/C11H15FN2S/c1-15-9-5-2-4-8(9)13-11-7-3-6-10(12)14-11/h3,6-9H,2,4-5H2,1H3,(H,13,14). The molecule has 0 spiro atoms. The molecule has 0 bridgehead atoms. The molecular formula is C11H15FN2S. The lowest BCUT2D eigenvalue weighted by Gasteiger charge is -2.19. The van der Waals surface area contributed by atoms with Crippen molar-refractivity contribution in [2.45, 2.75) is 30.6 Å². The molecule has 1 fully saturated rings. The maximum Gasteiger partial charge on any atom is 0.214 e. The van der Waals surface area contributed by atoms with Crippen molar-refractivity contribution < 1.29 is 4.39 Å². The molecule has 0 aliphatic heterocycles. The van der Waals surface area contributed by atoms with E-state index in [9.17, 15) is 4.39 Å². The molecule has 0 radical (unpaired) electrons. The third-order valence-corrected chi connectivity index (χ3v) is 3.97. The van der Waals surface area contributed by atoms with Gasteiger partial charge in [0.25, 0.3) is 0 Å². The van der Waals surface area contributed by atoms with Crippen LogP contribution in [0.3, 0.4) is 0 Å². The van der Waals surface area contributed by atoms with Gasteiger partial charge in [-0.1, -0.05) is 12.5 Å². The number of aromatic nitrogens is 1. The lowest BCUT2D eigenvalue weighted by molar-refractivity contribution is 0.583. The summed E-state index contributed by atoms with van der Waals surface area (Å²) in [6.07, 6.45) is 5.78. The van der Waals surface area contributed by atoms with Gasteiger partial charge in [0.2, 0.25) is 5.95 Å². The van der Waals surface area contributed by atoms with Crippen molar-refractivity contribution >= 4 is 17.6 Å². The van der Waals surface area contributed by atoms with E-state index in [1.165, 1.54) is 18.9 Å². The molecule has 0 amide bonds. The lowest BCUT2D eigenvalue weighted by Crippen LogP contribution is -2.26. The number of hydrogen-bond donors (Lipinski definition) is 1. The summed E-state index contributed by atoms with van der Waals surface area (Å²) in [7, 11) is 0. The van der Waals surface area contributed by atoms with Gasteiger partial charge in [0.05, 0.1) is 0 Å². The number of hydrogen-bond acceptors (Lipinski definition) is 3. The summed E-state index contributed by atoms with van der Waals surface area (Å²) in [6, 6.07) is 5.31. The van der Waals surface area contributed by atoms with Gasteiger partial charge in [0, 0.05) is 11.3 Å². The van der Waals surface area contributed by atoms with Crippen LogP contribution in [0.2, 0.25) is 0 Å². The van der Waals surface area contributed by atoms with Gasteiger partial charge >= 0.3 is 0 Å². The highest BCUT2D eigenvalue weighted by Gasteiger charge is 2.26. The van der Waals surface area contributed by atoms with Gasteiger partial charge in [-0.15, -0.1) is 0 Å². The van der Waals surface area contributed by atoms with Crippen LogP contribution in [0.15, 0.2) is 18.2 Å². The average Bonchev–Trinajstić information content (AvgIpc) is 2.65. The highest BCUT2D eigenvalue weighted by atomic mass is 32.2. The zero-order valence-electron chi connectivity index (χ0n) is 8.74. The second kappa shape index (κ2) is 4.84. The topological polar surface area (TPSA) is 24.9 Å². The fraction of sp³-hybridized carbons (Fsp3) is 0.545. The van der Waals surface area contributed by atoms with Crippen LogP contribution >= 0.6 is 11.8 Å². The molecule has 1 saturated carbocycles. The monoisotopic (exact) mass is 226 g/mol. The van der Waals surface area contributed by atoms with Crippen LogP contribution in [0.1, 0.15) is 19.3 Å². The van der Waals surface area contributed by atoms with E-state index in [1.54, 1.807) is 6.07 Å². The number of anilines is 1. The molecule has 1 aliphatic carbocycles. The maximum atomic E-state index is 12.9. The van der Waals surface area contributed by atoms with Gasteiger partial charge in [0.15, 0.2) is 0 Å². The first-order valence-electron chi connectivity index (χ1n) is 5.21. The number of nitrogens with one attached hydrogen (secondary N) is 1. The summed E-state index contributed by atoms with van der Waals surface area (Å²) in [4.78, 5) is 3.82. The summed E-state index contributed by atoms with van der Waals surface area (Å²) in [5.74, 6) is 0.236. The summed E-state index contributed by atoms with van der Waals surface area (Å²) in [5, 5.41) is 3.95. The van der Waals surface area contributed by atoms with Crippen LogP contribution in [0.5, 0.6) is 0 Å². The highest BCUT2D eigenvalue weighted by molar-refractivity contribution is 7.99.